The molecule has 1 aromatic rings. The van der Waals surface area contributed by atoms with Crippen molar-refractivity contribution in [3.8, 4) is 0 Å². The largest absolute Gasteiger partial charge is 0.264 e. The van der Waals surface area contributed by atoms with E-state index in [1.54, 1.807) is 25.1 Å². The van der Waals surface area contributed by atoms with E-state index in [4.69, 9.17) is 0 Å². The summed E-state index contributed by atoms with van der Waals surface area (Å²) in [6.45, 7) is 1.65. The fourth-order valence-corrected chi connectivity index (χ4v) is 2.23. The Morgan fingerprint density at radius 3 is 2.59 bits per heavy atom. The summed E-state index contributed by atoms with van der Waals surface area (Å²) >= 11 is 0. The van der Waals surface area contributed by atoms with E-state index in [1.807, 2.05) is 0 Å². The van der Waals surface area contributed by atoms with Gasteiger partial charge in [-0.25, -0.2) is 13.6 Å². The minimum atomic E-state index is -2.49. The van der Waals surface area contributed by atoms with Crippen LogP contribution in [0.25, 0.3) is 0 Å². The van der Waals surface area contributed by atoms with Crippen LogP contribution < -0.4 is 0 Å². The van der Waals surface area contributed by atoms with Crippen molar-refractivity contribution in [3.05, 3.63) is 34.9 Å². The highest BCUT2D eigenvalue weighted by Crippen LogP contribution is 2.45. The molecular formula is C13H13F2NO. The zero-order valence-corrected chi connectivity index (χ0v) is 9.54. The standard InChI is InChI=1S/C13H13F2NO/c1-9-3-4-10(7-11(9)12(14)15)13(16-8-17)5-2-6-13/h3-4,7,12H,2,5-6H2,1H3. The molecule has 0 aliphatic heterocycles. The molecule has 2 rings (SSSR count). The quantitative estimate of drug-likeness (QED) is 0.582. The van der Waals surface area contributed by atoms with Gasteiger partial charge < -0.3 is 0 Å². The van der Waals surface area contributed by atoms with Gasteiger partial charge in [0.2, 0.25) is 6.08 Å². The van der Waals surface area contributed by atoms with Gasteiger partial charge in [-0.1, -0.05) is 12.1 Å². The van der Waals surface area contributed by atoms with Crippen molar-refractivity contribution >= 4 is 6.08 Å². The van der Waals surface area contributed by atoms with Crippen LogP contribution in [0.3, 0.4) is 0 Å². The number of hydrogen-bond donors (Lipinski definition) is 0. The second-order valence-corrected chi connectivity index (χ2v) is 4.46. The van der Waals surface area contributed by atoms with Crippen molar-refractivity contribution in [3.63, 3.8) is 0 Å². The zero-order chi connectivity index (χ0) is 12.5. The molecule has 0 spiro atoms. The predicted octanol–water partition coefficient (Wildman–Crippen LogP) is 3.65. The summed E-state index contributed by atoms with van der Waals surface area (Å²) in [6, 6.07) is 4.92. The first kappa shape index (κ1) is 11.9. The number of alkyl halides is 2. The maximum Gasteiger partial charge on any atom is 0.264 e. The number of nitrogens with zero attached hydrogens (tertiary/aromatic N) is 1. The van der Waals surface area contributed by atoms with Gasteiger partial charge >= 0.3 is 0 Å². The molecule has 0 N–H and O–H groups in total. The predicted molar refractivity (Wildman–Crippen MR) is 59.8 cm³/mol. The van der Waals surface area contributed by atoms with E-state index < -0.39 is 12.0 Å². The second kappa shape index (κ2) is 4.38. The van der Waals surface area contributed by atoms with Crippen molar-refractivity contribution < 1.29 is 13.6 Å². The molecule has 0 aromatic heterocycles. The van der Waals surface area contributed by atoms with Crippen molar-refractivity contribution in [1.29, 1.82) is 0 Å². The van der Waals surface area contributed by atoms with Gasteiger partial charge in [0, 0.05) is 5.56 Å². The summed E-state index contributed by atoms with van der Waals surface area (Å²) in [5, 5.41) is 0. The fourth-order valence-electron chi connectivity index (χ4n) is 2.23. The summed E-state index contributed by atoms with van der Waals surface area (Å²) in [5.41, 5.74) is 0.690. The third-order valence-electron chi connectivity index (χ3n) is 3.49. The number of aliphatic imine (C=N–C) groups is 1. The van der Waals surface area contributed by atoms with Crippen LogP contribution in [0.4, 0.5) is 8.78 Å². The van der Waals surface area contributed by atoms with Crippen molar-refractivity contribution in [2.24, 2.45) is 4.99 Å². The van der Waals surface area contributed by atoms with Crippen LogP contribution in [0.15, 0.2) is 23.2 Å². The molecule has 0 unspecified atom stereocenters. The lowest BCUT2D eigenvalue weighted by Gasteiger charge is -2.37. The van der Waals surface area contributed by atoms with Crippen LogP contribution in [0, 0.1) is 6.92 Å². The van der Waals surface area contributed by atoms with E-state index in [1.165, 1.54) is 6.07 Å². The highest BCUT2D eigenvalue weighted by molar-refractivity contribution is 5.42. The molecule has 1 aliphatic carbocycles. The van der Waals surface area contributed by atoms with E-state index in [0.29, 0.717) is 11.1 Å². The molecule has 1 aromatic carbocycles. The highest BCUT2D eigenvalue weighted by atomic mass is 19.3. The molecular weight excluding hydrogens is 224 g/mol. The summed E-state index contributed by atoms with van der Waals surface area (Å²) in [4.78, 5) is 14.2. The van der Waals surface area contributed by atoms with Crippen molar-refractivity contribution in [1.82, 2.24) is 0 Å². The van der Waals surface area contributed by atoms with Gasteiger partial charge in [-0.2, -0.15) is 4.99 Å². The van der Waals surface area contributed by atoms with Gasteiger partial charge in [-0.15, -0.1) is 0 Å². The monoisotopic (exact) mass is 237 g/mol. The number of halogens is 2. The van der Waals surface area contributed by atoms with Crippen LogP contribution >= 0.6 is 0 Å². The van der Waals surface area contributed by atoms with Gasteiger partial charge in [0.1, 0.15) is 0 Å². The van der Waals surface area contributed by atoms with Gasteiger partial charge in [0.25, 0.3) is 6.43 Å². The molecule has 4 heteroatoms. The third kappa shape index (κ3) is 2.01. The molecule has 0 amide bonds. The smallest absolute Gasteiger partial charge is 0.211 e. The van der Waals surface area contributed by atoms with E-state index in [0.717, 1.165) is 19.3 Å². The Labute approximate surface area is 98.4 Å². The van der Waals surface area contributed by atoms with Crippen molar-refractivity contribution in [2.75, 3.05) is 0 Å². The van der Waals surface area contributed by atoms with Crippen molar-refractivity contribution in [2.45, 2.75) is 38.2 Å². The van der Waals surface area contributed by atoms with Gasteiger partial charge in [0.15, 0.2) is 0 Å². The molecule has 0 atom stereocenters. The Morgan fingerprint density at radius 2 is 2.12 bits per heavy atom. The van der Waals surface area contributed by atoms with Gasteiger partial charge in [0.05, 0.1) is 5.54 Å². The molecule has 17 heavy (non-hydrogen) atoms. The first-order valence-corrected chi connectivity index (χ1v) is 5.57. The fraction of sp³-hybridized carbons (Fsp3) is 0.462. The molecule has 0 radical (unpaired) electrons. The normalized spacial score (nSPS) is 17.4. The van der Waals surface area contributed by atoms with Gasteiger partial charge in [-0.3, -0.25) is 0 Å². The average molecular weight is 237 g/mol. The third-order valence-corrected chi connectivity index (χ3v) is 3.49. The molecule has 0 saturated heterocycles. The number of aryl methyl sites for hydroxylation is 1. The molecule has 0 heterocycles. The Kier molecular flexibility index (Phi) is 3.07. The van der Waals surface area contributed by atoms with E-state index in [9.17, 15) is 13.6 Å². The second-order valence-electron chi connectivity index (χ2n) is 4.46. The van der Waals surface area contributed by atoms with Crippen LogP contribution in [0.5, 0.6) is 0 Å². The zero-order valence-electron chi connectivity index (χ0n) is 9.54. The maximum atomic E-state index is 12.8. The van der Waals surface area contributed by atoms with E-state index >= 15 is 0 Å². The SMILES string of the molecule is Cc1ccc(C2(N=C=O)CCC2)cc1C(F)F. The molecule has 0 bridgehead atoms. The number of isocyanates is 1. The number of benzene rings is 1. The number of rotatable bonds is 3. The topological polar surface area (TPSA) is 29.4 Å². The Morgan fingerprint density at radius 1 is 1.41 bits per heavy atom. The van der Waals surface area contributed by atoms with E-state index in [2.05, 4.69) is 4.99 Å². The molecule has 1 fully saturated rings. The minimum absolute atomic E-state index is 0.0230. The molecule has 2 nitrogen and oxygen atoms in total. The summed E-state index contributed by atoms with van der Waals surface area (Å²) in [6.07, 6.45) is 1.49. The number of hydrogen-bond acceptors (Lipinski definition) is 2. The highest BCUT2D eigenvalue weighted by Gasteiger charge is 2.39. The van der Waals surface area contributed by atoms with Crippen LogP contribution in [0.1, 0.15) is 42.4 Å². The number of carbonyl (C=O) groups excluding carboxylic acids is 1. The molecule has 1 aliphatic rings. The Balaban J connectivity index is 2.45. The first-order chi connectivity index (χ1) is 8.09. The lowest BCUT2D eigenvalue weighted by molar-refractivity contribution is 0.150. The molecule has 1 saturated carbocycles. The lowest BCUT2D eigenvalue weighted by atomic mass is 9.72. The Bertz CT molecular complexity index is 474. The van der Waals surface area contributed by atoms with Gasteiger partial charge in [-0.05, 0) is 43.4 Å². The Hall–Kier alpha value is -1.54. The lowest BCUT2D eigenvalue weighted by Crippen LogP contribution is -2.32. The summed E-state index contributed by atoms with van der Waals surface area (Å²) < 4.78 is 25.6. The van der Waals surface area contributed by atoms with Crippen LogP contribution in [-0.2, 0) is 10.3 Å². The average Bonchev–Trinajstić information content (AvgIpc) is 2.24. The first-order valence-electron chi connectivity index (χ1n) is 5.57. The maximum absolute atomic E-state index is 12.8. The summed E-state index contributed by atoms with van der Waals surface area (Å²) in [5.74, 6) is 0. The summed E-state index contributed by atoms with van der Waals surface area (Å²) in [7, 11) is 0. The van der Waals surface area contributed by atoms with Crippen LogP contribution in [0.2, 0.25) is 0 Å². The molecule has 90 valence electrons. The minimum Gasteiger partial charge on any atom is -0.211 e. The van der Waals surface area contributed by atoms with E-state index in [-0.39, 0.29) is 5.56 Å². The van der Waals surface area contributed by atoms with Crippen LogP contribution in [-0.4, -0.2) is 6.08 Å².